The van der Waals surface area contributed by atoms with E-state index in [1.165, 1.54) is 12.1 Å². The van der Waals surface area contributed by atoms with Gasteiger partial charge in [-0.15, -0.1) is 0 Å². The minimum Gasteiger partial charge on any atom is -0.462 e. The van der Waals surface area contributed by atoms with Crippen molar-refractivity contribution >= 4 is 40.8 Å². The lowest BCUT2D eigenvalue weighted by molar-refractivity contribution is 0.0495. The van der Waals surface area contributed by atoms with Crippen LogP contribution >= 0.6 is 34.8 Å². The van der Waals surface area contributed by atoms with Gasteiger partial charge in [0, 0.05) is 5.02 Å². The SMILES string of the molecule is CC(C)CCCOC(=O)c1cc(Cl)cc(Cl)c1Cl. The molecular weight excluding hydrogens is 294 g/mol. The second-order valence-corrected chi connectivity index (χ2v) is 5.64. The number of carbonyl (C=O) groups excluding carboxylic acids is 1. The molecule has 2 nitrogen and oxygen atoms in total. The van der Waals surface area contributed by atoms with E-state index in [0.29, 0.717) is 17.5 Å². The molecule has 0 bridgehead atoms. The molecule has 0 unspecified atom stereocenters. The van der Waals surface area contributed by atoms with Crippen molar-refractivity contribution in [1.82, 2.24) is 0 Å². The fourth-order valence-electron chi connectivity index (χ4n) is 1.44. The Hall–Kier alpha value is -0.440. The van der Waals surface area contributed by atoms with E-state index >= 15 is 0 Å². The van der Waals surface area contributed by atoms with Crippen LogP contribution in [-0.4, -0.2) is 12.6 Å². The molecule has 0 aliphatic rings. The Morgan fingerprint density at radius 1 is 1.28 bits per heavy atom. The number of benzene rings is 1. The quantitative estimate of drug-likeness (QED) is 0.422. The van der Waals surface area contributed by atoms with E-state index in [1.54, 1.807) is 0 Å². The monoisotopic (exact) mass is 308 g/mol. The summed E-state index contributed by atoms with van der Waals surface area (Å²) in [6.45, 7) is 4.61. The van der Waals surface area contributed by atoms with Gasteiger partial charge in [-0.05, 0) is 30.9 Å². The van der Waals surface area contributed by atoms with Gasteiger partial charge in [0.25, 0.3) is 0 Å². The van der Waals surface area contributed by atoms with Gasteiger partial charge in [-0.3, -0.25) is 0 Å². The zero-order chi connectivity index (χ0) is 13.7. The van der Waals surface area contributed by atoms with Gasteiger partial charge in [-0.1, -0.05) is 48.7 Å². The Morgan fingerprint density at radius 2 is 1.94 bits per heavy atom. The number of esters is 1. The molecule has 0 aromatic heterocycles. The summed E-state index contributed by atoms with van der Waals surface area (Å²) in [6, 6.07) is 2.95. The zero-order valence-corrected chi connectivity index (χ0v) is 12.6. The van der Waals surface area contributed by atoms with Gasteiger partial charge in [0.1, 0.15) is 0 Å². The highest BCUT2D eigenvalue weighted by atomic mass is 35.5. The van der Waals surface area contributed by atoms with Gasteiger partial charge in [-0.2, -0.15) is 0 Å². The van der Waals surface area contributed by atoms with E-state index in [1.807, 2.05) is 0 Å². The van der Waals surface area contributed by atoms with Crippen LogP contribution in [0.25, 0.3) is 0 Å². The molecule has 1 rings (SSSR count). The Labute approximate surface area is 122 Å². The van der Waals surface area contributed by atoms with Crippen LogP contribution in [0.4, 0.5) is 0 Å². The van der Waals surface area contributed by atoms with Crippen molar-refractivity contribution in [2.45, 2.75) is 26.7 Å². The van der Waals surface area contributed by atoms with E-state index in [2.05, 4.69) is 13.8 Å². The summed E-state index contributed by atoms with van der Waals surface area (Å²) in [4.78, 5) is 11.8. The Balaban J connectivity index is 2.62. The lowest BCUT2D eigenvalue weighted by atomic mass is 10.1. The van der Waals surface area contributed by atoms with Crippen LogP contribution < -0.4 is 0 Å². The first-order valence-electron chi connectivity index (χ1n) is 5.73. The normalized spacial score (nSPS) is 10.8. The average Bonchev–Trinajstić information content (AvgIpc) is 2.28. The molecule has 0 fully saturated rings. The van der Waals surface area contributed by atoms with Crippen LogP contribution in [0.2, 0.25) is 15.1 Å². The highest BCUT2D eigenvalue weighted by molar-refractivity contribution is 6.45. The third-order valence-electron chi connectivity index (χ3n) is 2.37. The van der Waals surface area contributed by atoms with E-state index in [4.69, 9.17) is 39.5 Å². The molecule has 0 radical (unpaired) electrons. The van der Waals surface area contributed by atoms with Gasteiger partial charge in [0.2, 0.25) is 0 Å². The second kappa shape index (κ2) is 7.22. The minimum atomic E-state index is -0.492. The third kappa shape index (κ3) is 4.68. The maximum atomic E-state index is 11.8. The lowest BCUT2D eigenvalue weighted by Gasteiger charge is -2.08. The summed E-state index contributed by atoms with van der Waals surface area (Å²) >= 11 is 17.6. The molecule has 1 aromatic carbocycles. The standard InChI is InChI=1S/C13H15Cl3O2/c1-8(2)4-3-5-18-13(17)10-6-9(14)7-11(15)12(10)16/h6-8H,3-5H2,1-2H3. The van der Waals surface area contributed by atoms with Gasteiger partial charge in [-0.25, -0.2) is 4.79 Å². The number of halogens is 3. The van der Waals surface area contributed by atoms with Crippen molar-refractivity contribution in [2.24, 2.45) is 5.92 Å². The van der Waals surface area contributed by atoms with Gasteiger partial charge >= 0.3 is 5.97 Å². The van der Waals surface area contributed by atoms with E-state index in [-0.39, 0.29) is 15.6 Å². The predicted molar refractivity (Wildman–Crippen MR) is 75.8 cm³/mol. The molecule has 100 valence electrons. The smallest absolute Gasteiger partial charge is 0.339 e. The van der Waals surface area contributed by atoms with Crippen LogP contribution in [0.15, 0.2) is 12.1 Å². The van der Waals surface area contributed by atoms with Crippen molar-refractivity contribution in [3.63, 3.8) is 0 Å². The van der Waals surface area contributed by atoms with E-state index in [0.717, 1.165) is 12.8 Å². The van der Waals surface area contributed by atoms with Crippen molar-refractivity contribution in [3.8, 4) is 0 Å². The Morgan fingerprint density at radius 3 is 2.56 bits per heavy atom. The average molecular weight is 310 g/mol. The largest absolute Gasteiger partial charge is 0.462 e. The summed E-state index contributed by atoms with van der Waals surface area (Å²) < 4.78 is 5.13. The van der Waals surface area contributed by atoms with Crippen LogP contribution in [0.1, 0.15) is 37.0 Å². The van der Waals surface area contributed by atoms with E-state index in [9.17, 15) is 4.79 Å². The molecule has 0 atom stereocenters. The summed E-state index contributed by atoms with van der Waals surface area (Å²) in [7, 11) is 0. The molecule has 0 N–H and O–H groups in total. The number of carbonyl (C=O) groups is 1. The summed E-state index contributed by atoms with van der Waals surface area (Å²) in [5.74, 6) is 0.0982. The topological polar surface area (TPSA) is 26.3 Å². The summed E-state index contributed by atoms with van der Waals surface area (Å²) in [5, 5.41) is 0.784. The first kappa shape index (κ1) is 15.6. The molecule has 0 saturated carbocycles. The number of hydrogen-bond acceptors (Lipinski definition) is 2. The molecule has 5 heteroatoms. The van der Waals surface area contributed by atoms with Crippen LogP contribution in [0.5, 0.6) is 0 Å². The molecule has 0 spiro atoms. The van der Waals surface area contributed by atoms with E-state index < -0.39 is 5.97 Å². The second-order valence-electron chi connectivity index (χ2n) is 4.42. The van der Waals surface area contributed by atoms with Gasteiger partial charge < -0.3 is 4.74 Å². The number of hydrogen-bond donors (Lipinski definition) is 0. The number of rotatable bonds is 5. The Kier molecular flexibility index (Phi) is 6.27. The lowest BCUT2D eigenvalue weighted by Crippen LogP contribution is -2.08. The molecule has 18 heavy (non-hydrogen) atoms. The summed E-state index contributed by atoms with van der Waals surface area (Å²) in [6.07, 6.45) is 1.84. The number of ether oxygens (including phenoxy) is 1. The molecule has 0 saturated heterocycles. The predicted octanol–water partition coefficient (Wildman–Crippen LogP) is 5.24. The maximum Gasteiger partial charge on any atom is 0.339 e. The van der Waals surface area contributed by atoms with Crippen molar-refractivity contribution in [3.05, 3.63) is 32.8 Å². The fraction of sp³-hybridized carbons (Fsp3) is 0.462. The molecule has 0 heterocycles. The van der Waals surface area contributed by atoms with Crippen molar-refractivity contribution in [2.75, 3.05) is 6.61 Å². The van der Waals surface area contributed by atoms with Crippen LogP contribution in [-0.2, 0) is 4.74 Å². The van der Waals surface area contributed by atoms with Gasteiger partial charge in [0.05, 0.1) is 22.2 Å². The van der Waals surface area contributed by atoms with Crippen LogP contribution in [0, 0.1) is 5.92 Å². The molecule has 0 amide bonds. The van der Waals surface area contributed by atoms with Crippen molar-refractivity contribution in [1.29, 1.82) is 0 Å². The highest BCUT2D eigenvalue weighted by Gasteiger charge is 2.15. The first-order chi connectivity index (χ1) is 8.41. The Bertz CT molecular complexity index is 430. The minimum absolute atomic E-state index is 0.176. The summed E-state index contributed by atoms with van der Waals surface area (Å²) in [5.41, 5.74) is 0.207. The molecule has 1 aromatic rings. The fourth-order valence-corrected chi connectivity index (χ4v) is 2.12. The molecule has 0 aliphatic carbocycles. The van der Waals surface area contributed by atoms with Crippen molar-refractivity contribution < 1.29 is 9.53 Å². The molecule has 0 aliphatic heterocycles. The first-order valence-corrected chi connectivity index (χ1v) is 6.87. The van der Waals surface area contributed by atoms with Crippen LogP contribution in [0.3, 0.4) is 0 Å². The zero-order valence-electron chi connectivity index (χ0n) is 10.3. The van der Waals surface area contributed by atoms with Gasteiger partial charge in [0.15, 0.2) is 0 Å². The highest BCUT2D eigenvalue weighted by Crippen LogP contribution is 2.30. The third-order valence-corrected chi connectivity index (χ3v) is 3.39. The molecular formula is C13H15Cl3O2. The maximum absolute atomic E-state index is 11.8.